The number of nitrogens with one attached hydrogen (secondary N) is 3. The highest BCUT2D eigenvalue weighted by Crippen LogP contribution is 2.25. The van der Waals surface area contributed by atoms with Crippen molar-refractivity contribution in [2.45, 2.75) is 6.92 Å². The molecule has 0 aliphatic heterocycles. The highest BCUT2D eigenvalue weighted by Gasteiger charge is 2.07. The summed E-state index contributed by atoms with van der Waals surface area (Å²) >= 11 is 11.7. The first-order chi connectivity index (χ1) is 10.9. The highest BCUT2D eigenvalue weighted by molar-refractivity contribution is 6.31. The second-order valence-electron chi connectivity index (χ2n) is 4.78. The number of halogens is 2. The summed E-state index contributed by atoms with van der Waals surface area (Å²) in [5.41, 5.74) is 1.77. The minimum Gasteiger partial charge on any atom is -0.374 e. The second-order valence-corrected chi connectivity index (χ2v) is 5.65. The van der Waals surface area contributed by atoms with Gasteiger partial charge in [0.2, 0.25) is 11.8 Å². The normalized spacial score (nSPS) is 10.0. The molecule has 3 N–H and O–H groups in total. The number of hydrogen-bond donors (Lipinski definition) is 3. The van der Waals surface area contributed by atoms with Gasteiger partial charge in [0, 0.05) is 22.7 Å². The molecule has 120 valence electrons. The lowest BCUT2D eigenvalue weighted by molar-refractivity contribution is -0.115. The molecule has 0 atom stereocenters. The Morgan fingerprint density at radius 2 is 1.57 bits per heavy atom. The molecule has 0 saturated carbocycles. The number of carbonyl (C=O) groups is 2. The van der Waals surface area contributed by atoms with E-state index in [2.05, 4.69) is 16.0 Å². The summed E-state index contributed by atoms with van der Waals surface area (Å²) in [5.74, 6) is -0.443. The summed E-state index contributed by atoms with van der Waals surface area (Å²) in [6.07, 6.45) is 0. The largest absolute Gasteiger partial charge is 0.374 e. The van der Waals surface area contributed by atoms with Crippen molar-refractivity contribution < 1.29 is 9.59 Å². The fourth-order valence-corrected chi connectivity index (χ4v) is 2.17. The van der Waals surface area contributed by atoms with Crippen molar-refractivity contribution in [2.24, 2.45) is 0 Å². The first-order valence-corrected chi connectivity index (χ1v) is 7.56. The van der Waals surface area contributed by atoms with Crippen molar-refractivity contribution >= 4 is 52.1 Å². The van der Waals surface area contributed by atoms with Crippen LogP contribution in [0.3, 0.4) is 0 Å². The first kappa shape index (κ1) is 17.1. The molecule has 2 amide bonds. The fraction of sp³-hybridized carbons (Fsp3) is 0.125. The van der Waals surface area contributed by atoms with Crippen molar-refractivity contribution in [3.8, 4) is 0 Å². The molecule has 5 nitrogen and oxygen atoms in total. The molecule has 7 heteroatoms. The van der Waals surface area contributed by atoms with Crippen molar-refractivity contribution in [3.63, 3.8) is 0 Å². The van der Waals surface area contributed by atoms with E-state index in [1.54, 1.807) is 42.5 Å². The maximum absolute atomic E-state index is 12.0. The van der Waals surface area contributed by atoms with Crippen LogP contribution in [0, 0.1) is 0 Å². The quantitative estimate of drug-likeness (QED) is 0.762. The Labute approximate surface area is 144 Å². The number of benzene rings is 2. The zero-order valence-electron chi connectivity index (χ0n) is 12.3. The molecule has 0 saturated heterocycles. The Balaban J connectivity index is 1.99. The molecule has 0 aromatic heterocycles. The summed E-state index contributed by atoms with van der Waals surface area (Å²) in [6, 6.07) is 11.8. The standard InChI is InChI=1S/C16H15Cl2N3O2/c1-10(22)20-14-7-4-12(18)8-15(14)19-9-16(23)21-13-5-2-11(17)3-6-13/h2-8,19H,9H2,1H3,(H,20,22)(H,21,23). The molecule has 2 aromatic carbocycles. The lowest BCUT2D eigenvalue weighted by Crippen LogP contribution is -2.22. The van der Waals surface area contributed by atoms with Gasteiger partial charge in [0.15, 0.2) is 0 Å². The minimum atomic E-state index is -0.235. The van der Waals surface area contributed by atoms with E-state index >= 15 is 0 Å². The molecule has 0 spiro atoms. The van der Waals surface area contributed by atoms with Gasteiger partial charge in [-0.3, -0.25) is 9.59 Å². The van der Waals surface area contributed by atoms with Crippen LogP contribution in [0.5, 0.6) is 0 Å². The average Bonchev–Trinajstić information content (AvgIpc) is 2.49. The van der Waals surface area contributed by atoms with Gasteiger partial charge in [-0.25, -0.2) is 0 Å². The Morgan fingerprint density at radius 1 is 0.913 bits per heavy atom. The highest BCUT2D eigenvalue weighted by atomic mass is 35.5. The fourth-order valence-electron chi connectivity index (χ4n) is 1.88. The molecule has 2 rings (SSSR count). The molecule has 0 aliphatic carbocycles. The number of amides is 2. The SMILES string of the molecule is CC(=O)Nc1ccc(Cl)cc1NCC(=O)Nc1ccc(Cl)cc1. The van der Waals surface area contributed by atoms with Gasteiger partial charge in [0.1, 0.15) is 0 Å². The molecule has 0 radical (unpaired) electrons. The van der Waals surface area contributed by atoms with E-state index in [0.717, 1.165) is 0 Å². The van der Waals surface area contributed by atoms with Crippen LogP contribution >= 0.6 is 23.2 Å². The van der Waals surface area contributed by atoms with Crippen LogP contribution in [0.15, 0.2) is 42.5 Å². The van der Waals surface area contributed by atoms with E-state index in [-0.39, 0.29) is 18.4 Å². The average molecular weight is 352 g/mol. The van der Waals surface area contributed by atoms with Crippen LogP contribution in [0.25, 0.3) is 0 Å². The molecular weight excluding hydrogens is 337 g/mol. The van der Waals surface area contributed by atoms with Crippen LogP contribution in [-0.2, 0) is 9.59 Å². The molecule has 23 heavy (non-hydrogen) atoms. The lowest BCUT2D eigenvalue weighted by Gasteiger charge is -2.13. The van der Waals surface area contributed by atoms with Crippen molar-refractivity contribution in [2.75, 3.05) is 22.5 Å². The van der Waals surface area contributed by atoms with E-state index in [4.69, 9.17) is 23.2 Å². The molecule has 0 heterocycles. The Kier molecular flexibility index (Phi) is 5.84. The third-order valence-corrected chi connectivity index (χ3v) is 3.35. The summed E-state index contributed by atoms with van der Waals surface area (Å²) in [5, 5.41) is 9.46. The van der Waals surface area contributed by atoms with Crippen molar-refractivity contribution in [3.05, 3.63) is 52.5 Å². The van der Waals surface area contributed by atoms with Gasteiger partial charge >= 0.3 is 0 Å². The maximum Gasteiger partial charge on any atom is 0.243 e. The Morgan fingerprint density at radius 3 is 2.22 bits per heavy atom. The van der Waals surface area contributed by atoms with Gasteiger partial charge in [-0.2, -0.15) is 0 Å². The van der Waals surface area contributed by atoms with Crippen molar-refractivity contribution in [1.82, 2.24) is 0 Å². The predicted octanol–water partition coefficient (Wildman–Crippen LogP) is 4.00. The van der Waals surface area contributed by atoms with E-state index in [1.165, 1.54) is 6.92 Å². The maximum atomic E-state index is 12.0. The number of rotatable bonds is 5. The topological polar surface area (TPSA) is 70.2 Å². The van der Waals surface area contributed by atoms with Gasteiger partial charge in [0.05, 0.1) is 17.9 Å². The molecule has 0 fully saturated rings. The van der Waals surface area contributed by atoms with Gasteiger partial charge in [-0.05, 0) is 42.5 Å². The lowest BCUT2D eigenvalue weighted by atomic mass is 10.2. The molecule has 0 unspecified atom stereocenters. The third kappa shape index (κ3) is 5.47. The summed E-state index contributed by atoms with van der Waals surface area (Å²) in [6.45, 7) is 1.43. The summed E-state index contributed by atoms with van der Waals surface area (Å²) in [7, 11) is 0. The van der Waals surface area contributed by atoms with Crippen LogP contribution in [0.4, 0.5) is 17.1 Å². The monoisotopic (exact) mass is 351 g/mol. The van der Waals surface area contributed by atoms with Gasteiger partial charge in [-0.15, -0.1) is 0 Å². The van der Waals surface area contributed by atoms with Gasteiger partial charge < -0.3 is 16.0 Å². The van der Waals surface area contributed by atoms with Gasteiger partial charge in [-0.1, -0.05) is 23.2 Å². The van der Waals surface area contributed by atoms with Crippen molar-refractivity contribution in [1.29, 1.82) is 0 Å². The Hall–Kier alpha value is -2.24. The first-order valence-electron chi connectivity index (χ1n) is 6.80. The second kappa shape index (κ2) is 7.85. The molecule has 0 aliphatic rings. The van der Waals surface area contributed by atoms with E-state index in [1.807, 2.05) is 0 Å². The number of carbonyl (C=O) groups excluding carboxylic acids is 2. The summed E-state index contributed by atoms with van der Waals surface area (Å²) < 4.78 is 0. The van der Waals surface area contributed by atoms with E-state index in [9.17, 15) is 9.59 Å². The minimum absolute atomic E-state index is 0.0234. The third-order valence-electron chi connectivity index (χ3n) is 2.86. The smallest absolute Gasteiger partial charge is 0.243 e. The van der Waals surface area contributed by atoms with E-state index in [0.29, 0.717) is 27.1 Å². The van der Waals surface area contributed by atoms with Crippen LogP contribution in [0.1, 0.15) is 6.92 Å². The van der Waals surface area contributed by atoms with E-state index < -0.39 is 0 Å². The molecule has 0 bridgehead atoms. The predicted molar refractivity (Wildman–Crippen MR) is 94.3 cm³/mol. The van der Waals surface area contributed by atoms with Crippen LogP contribution in [-0.4, -0.2) is 18.4 Å². The van der Waals surface area contributed by atoms with Gasteiger partial charge in [0.25, 0.3) is 0 Å². The van der Waals surface area contributed by atoms with Crippen LogP contribution in [0.2, 0.25) is 10.0 Å². The molecule has 2 aromatic rings. The Bertz CT molecular complexity index is 718. The number of anilines is 3. The summed E-state index contributed by atoms with van der Waals surface area (Å²) in [4.78, 5) is 23.2. The van der Waals surface area contributed by atoms with Crippen LogP contribution < -0.4 is 16.0 Å². The zero-order chi connectivity index (χ0) is 16.8. The number of hydrogen-bond acceptors (Lipinski definition) is 3. The zero-order valence-corrected chi connectivity index (χ0v) is 13.8. The molecular formula is C16H15Cl2N3O2.